The van der Waals surface area contributed by atoms with E-state index < -0.39 is 16.9 Å². The van der Waals surface area contributed by atoms with Crippen molar-refractivity contribution in [1.29, 1.82) is 0 Å². The second-order valence-corrected chi connectivity index (χ2v) is 8.30. The molecule has 0 saturated carbocycles. The van der Waals surface area contributed by atoms with Crippen LogP contribution in [0, 0.1) is 10.8 Å². The van der Waals surface area contributed by atoms with Crippen molar-refractivity contribution in [2.45, 2.75) is 32.8 Å². The van der Waals surface area contributed by atoms with E-state index in [2.05, 4.69) is 0 Å². The van der Waals surface area contributed by atoms with Crippen LogP contribution >= 0.6 is 0 Å². The maximum Gasteiger partial charge on any atom is 0.312 e. The summed E-state index contributed by atoms with van der Waals surface area (Å²) in [6.45, 7) is 3.71. The van der Waals surface area contributed by atoms with Gasteiger partial charge in [-0.1, -0.05) is 48.5 Å². The van der Waals surface area contributed by atoms with Gasteiger partial charge in [0.1, 0.15) is 11.9 Å². The molecule has 0 N–H and O–H groups in total. The fraction of sp³-hybridized carbons (Fsp3) is 0.333. The van der Waals surface area contributed by atoms with E-state index in [-0.39, 0.29) is 11.8 Å². The third-order valence-corrected chi connectivity index (χ3v) is 5.89. The highest BCUT2D eigenvalue weighted by Gasteiger charge is 2.59. The van der Waals surface area contributed by atoms with Crippen molar-refractivity contribution in [2.75, 3.05) is 7.11 Å². The highest BCUT2D eigenvalue weighted by Crippen LogP contribution is 2.58. The van der Waals surface area contributed by atoms with Crippen molar-refractivity contribution in [3.8, 4) is 5.75 Å². The SMILES string of the molecule is COc1cccc([C@H]2OC(=O)C(C)(C)C[C@@]23CC=C(c2ccccc2)C3=O)c1. The molecule has 4 nitrogen and oxygen atoms in total. The lowest BCUT2D eigenvalue weighted by Gasteiger charge is -2.46. The normalized spacial score (nSPS) is 26.1. The second-order valence-electron chi connectivity index (χ2n) is 8.30. The molecular formula is C24H24O4. The van der Waals surface area contributed by atoms with Crippen LogP contribution in [0.1, 0.15) is 43.9 Å². The van der Waals surface area contributed by atoms with Gasteiger partial charge in [0.2, 0.25) is 0 Å². The highest BCUT2D eigenvalue weighted by atomic mass is 16.5. The predicted octanol–water partition coefficient (Wildman–Crippen LogP) is 4.75. The van der Waals surface area contributed by atoms with E-state index in [1.54, 1.807) is 7.11 Å². The third-order valence-electron chi connectivity index (χ3n) is 5.89. The summed E-state index contributed by atoms with van der Waals surface area (Å²) >= 11 is 0. The molecule has 0 aromatic heterocycles. The zero-order valence-electron chi connectivity index (χ0n) is 16.4. The number of esters is 1. The van der Waals surface area contributed by atoms with Crippen LogP contribution in [-0.2, 0) is 14.3 Å². The molecule has 2 aromatic carbocycles. The van der Waals surface area contributed by atoms with Crippen molar-refractivity contribution in [2.24, 2.45) is 10.8 Å². The van der Waals surface area contributed by atoms with E-state index in [0.29, 0.717) is 24.2 Å². The van der Waals surface area contributed by atoms with Gasteiger partial charge in [-0.3, -0.25) is 9.59 Å². The summed E-state index contributed by atoms with van der Waals surface area (Å²) in [5.41, 5.74) is 0.893. The minimum absolute atomic E-state index is 0.0482. The Morgan fingerprint density at radius 2 is 1.79 bits per heavy atom. The Morgan fingerprint density at radius 1 is 1.04 bits per heavy atom. The first-order valence-electron chi connectivity index (χ1n) is 9.53. The number of carbonyl (C=O) groups is 2. The van der Waals surface area contributed by atoms with E-state index in [0.717, 1.165) is 11.1 Å². The lowest BCUT2D eigenvalue weighted by Crippen LogP contribution is -2.49. The summed E-state index contributed by atoms with van der Waals surface area (Å²) in [6.07, 6.45) is 2.37. The molecule has 2 aliphatic rings. The van der Waals surface area contributed by atoms with E-state index in [9.17, 15) is 9.59 Å². The summed E-state index contributed by atoms with van der Waals surface area (Å²) in [6, 6.07) is 17.1. The largest absolute Gasteiger partial charge is 0.497 e. The van der Waals surface area contributed by atoms with E-state index in [1.807, 2.05) is 74.5 Å². The number of methoxy groups -OCH3 is 1. The summed E-state index contributed by atoms with van der Waals surface area (Å²) in [7, 11) is 1.60. The Kier molecular flexibility index (Phi) is 4.37. The van der Waals surface area contributed by atoms with Crippen LogP contribution < -0.4 is 4.74 Å². The van der Waals surface area contributed by atoms with Gasteiger partial charge in [0.15, 0.2) is 5.78 Å². The smallest absolute Gasteiger partial charge is 0.312 e. The fourth-order valence-electron chi connectivity index (χ4n) is 4.51. The first kappa shape index (κ1) is 18.5. The van der Waals surface area contributed by atoms with Gasteiger partial charge >= 0.3 is 5.97 Å². The van der Waals surface area contributed by atoms with Crippen molar-refractivity contribution < 1.29 is 19.1 Å². The summed E-state index contributed by atoms with van der Waals surface area (Å²) in [5, 5.41) is 0. The number of benzene rings is 2. The molecule has 4 heteroatoms. The van der Waals surface area contributed by atoms with Gasteiger partial charge in [0.05, 0.1) is 17.9 Å². The molecule has 2 atom stereocenters. The highest BCUT2D eigenvalue weighted by molar-refractivity contribution is 6.26. The molecule has 1 fully saturated rings. The maximum atomic E-state index is 13.7. The van der Waals surface area contributed by atoms with Gasteiger partial charge in [-0.05, 0) is 49.9 Å². The number of Topliss-reactive ketones (excluding diaryl/α,β-unsaturated/α-hetero) is 1. The van der Waals surface area contributed by atoms with Gasteiger partial charge in [0, 0.05) is 5.57 Å². The van der Waals surface area contributed by atoms with Gasteiger partial charge in [-0.15, -0.1) is 0 Å². The number of rotatable bonds is 3. The standard InChI is InChI=1S/C24H24O4/c1-23(2)15-24(13-12-19(20(24)25)16-8-5-4-6-9-16)21(28-22(23)26)17-10-7-11-18(14-17)27-3/h4-12,14,21H,13,15H2,1-3H3/t21-,24-/m1/s1. The summed E-state index contributed by atoms with van der Waals surface area (Å²) < 4.78 is 11.3. The van der Waals surface area contributed by atoms with Crippen molar-refractivity contribution in [1.82, 2.24) is 0 Å². The predicted molar refractivity (Wildman–Crippen MR) is 107 cm³/mol. The van der Waals surface area contributed by atoms with Crippen LogP contribution in [0.3, 0.4) is 0 Å². The van der Waals surface area contributed by atoms with Gasteiger partial charge in [-0.2, -0.15) is 0 Å². The number of allylic oxidation sites excluding steroid dienone is 2. The summed E-state index contributed by atoms with van der Waals surface area (Å²) in [5.74, 6) is 0.453. The topological polar surface area (TPSA) is 52.6 Å². The Morgan fingerprint density at radius 3 is 2.50 bits per heavy atom. The molecule has 1 aliphatic carbocycles. The Labute approximate surface area is 165 Å². The number of cyclic esters (lactones) is 1. The molecule has 1 saturated heterocycles. The third kappa shape index (κ3) is 2.84. The maximum absolute atomic E-state index is 13.7. The summed E-state index contributed by atoms with van der Waals surface area (Å²) in [4.78, 5) is 26.4. The molecule has 0 amide bonds. The van der Waals surface area contributed by atoms with Crippen molar-refractivity contribution in [3.63, 3.8) is 0 Å². The second kappa shape index (κ2) is 6.62. The van der Waals surface area contributed by atoms with Crippen molar-refractivity contribution >= 4 is 17.3 Å². The van der Waals surface area contributed by atoms with E-state index in [1.165, 1.54) is 0 Å². The van der Waals surface area contributed by atoms with Crippen molar-refractivity contribution in [3.05, 3.63) is 71.8 Å². The molecule has 144 valence electrons. The van der Waals surface area contributed by atoms with Crippen LogP contribution in [0.25, 0.3) is 5.57 Å². The molecule has 1 aliphatic heterocycles. The molecule has 2 aromatic rings. The minimum Gasteiger partial charge on any atom is -0.497 e. The van der Waals surface area contributed by atoms with Crippen LogP contribution in [0.5, 0.6) is 5.75 Å². The first-order valence-corrected chi connectivity index (χ1v) is 9.53. The minimum atomic E-state index is -0.797. The number of hydrogen-bond donors (Lipinski definition) is 0. The monoisotopic (exact) mass is 376 g/mol. The molecule has 0 bridgehead atoms. The molecular weight excluding hydrogens is 352 g/mol. The van der Waals surface area contributed by atoms with Gasteiger partial charge in [0.25, 0.3) is 0 Å². The molecule has 4 rings (SSSR count). The zero-order chi connectivity index (χ0) is 19.9. The Hall–Kier alpha value is -2.88. The van der Waals surface area contributed by atoms with Gasteiger partial charge < -0.3 is 9.47 Å². The van der Waals surface area contributed by atoms with Crippen LogP contribution in [0.15, 0.2) is 60.7 Å². The number of hydrogen-bond acceptors (Lipinski definition) is 4. The first-order chi connectivity index (χ1) is 13.4. The van der Waals surface area contributed by atoms with Gasteiger partial charge in [-0.25, -0.2) is 0 Å². The Bertz CT molecular complexity index is 958. The lowest BCUT2D eigenvalue weighted by atomic mass is 9.63. The average Bonchev–Trinajstić information content (AvgIpc) is 3.01. The van der Waals surface area contributed by atoms with Crippen LogP contribution in [-0.4, -0.2) is 18.9 Å². The molecule has 1 spiro atoms. The molecule has 1 heterocycles. The van der Waals surface area contributed by atoms with Crippen LogP contribution in [0.2, 0.25) is 0 Å². The van der Waals surface area contributed by atoms with E-state index in [4.69, 9.17) is 9.47 Å². The molecule has 0 radical (unpaired) electrons. The quantitative estimate of drug-likeness (QED) is 0.725. The lowest BCUT2D eigenvalue weighted by molar-refractivity contribution is -0.186. The molecule has 28 heavy (non-hydrogen) atoms. The number of ketones is 1. The molecule has 0 unspecified atom stereocenters. The number of carbonyl (C=O) groups excluding carboxylic acids is 2. The van der Waals surface area contributed by atoms with E-state index >= 15 is 0 Å². The number of ether oxygens (including phenoxy) is 2. The zero-order valence-corrected chi connectivity index (χ0v) is 16.4. The van der Waals surface area contributed by atoms with Crippen LogP contribution in [0.4, 0.5) is 0 Å². The average molecular weight is 376 g/mol. The Balaban J connectivity index is 1.79. The fourth-order valence-corrected chi connectivity index (χ4v) is 4.51.